The van der Waals surface area contributed by atoms with E-state index >= 15 is 0 Å². The molecule has 1 N–H and O–H groups in total. The molecule has 1 heterocycles. The lowest BCUT2D eigenvalue weighted by atomic mass is 9.81. The second-order valence-electron chi connectivity index (χ2n) is 7.09. The normalized spacial score (nSPS) is 22.8. The van der Waals surface area contributed by atoms with Crippen LogP contribution < -0.4 is 0 Å². The summed E-state index contributed by atoms with van der Waals surface area (Å²) in [6.07, 6.45) is -3.28. The molecule has 0 unspecified atom stereocenters. The van der Waals surface area contributed by atoms with Crippen LogP contribution in [-0.4, -0.2) is 29.1 Å². The van der Waals surface area contributed by atoms with Crippen LogP contribution >= 0.6 is 0 Å². The summed E-state index contributed by atoms with van der Waals surface area (Å²) in [5.74, 6) is 0.172. The standard InChI is InChI=1S/C18H24F3NO2/c1-12(2)15-7-14(8-17(23)24)10-22(11-15)9-13-3-5-16(6-4-13)18(19,20)21/h3-6,12,14-15H,7-11H2,1-2H3,(H,23,24)/t14-,15-/m0/s1. The van der Waals surface area contributed by atoms with E-state index < -0.39 is 17.7 Å². The van der Waals surface area contributed by atoms with Crippen LogP contribution in [0.5, 0.6) is 0 Å². The number of carboxylic acids is 1. The number of rotatable bonds is 5. The molecule has 2 rings (SSSR count). The number of hydrogen-bond donors (Lipinski definition) is 1. The van der Waals surface area contributed by atoms with Gasteiger partial charge in [-0.3, -0.25) is 9.69 Å². The summed E-state index contributed by atoms with van der Waals surface area (Å²) in [7, 11) is 0. The number of halogens is 3. The van der Waals surface area contributed by atoms with E-state index in [9.17, 15) is 18.0 Å². The van der Waals surface area contributed by atoms with Gasteiger partial charge in [-0.25, -0.2) is 0 Å². The third-order valence-electron chi connectivity index (χ3n) is 4.74. The van der Waals surface area contributed by atoms with E-state index in [1.54, 1.807) is 0 Å². The van der Waals surface area contributed by atoms with Gasteiger partial charge in [0.1, 0.15) is 0 Å². The van der Waals surface area contributed by atoms with Crippen LogP contribution in [0, 0.1) is 17.8 Å². The van der Waals surface area contributed by atoms with Gasteiger partial charge in [0, 0.05) is 26.1 Å². The highest BCUT2D eigenvalue weighted by molar-refractivity contribution is 5.67. The Morgan fingerprint density at radius 3 is 2.38 bits per heavy atom. The molecule has 24 heavy (non-hydrogen) atoms. The van der Waals surface area contributed by atoms with E-state index in [2.05, 4.69) is 18.7 Å². The Labute approximate surface area is 140 Å². The minimum atomic E-state index is -4.32. The van der Waals surface area contributed by atoms with Gasteiger partial charge in [0.05, 0.1) is 5.56 Å². The first kappa shape index (κ1) is 18.8. The average Bonchev–Trinajstić information content (AvgIpc) is 2.45. The smallest absolute Gasteiger partial charge is 0.416 e. The van der Waals surface area contributed by atoms with E-state index in [4.69, 9.17) is 5.11 Å². The average molecular weight is 343 g/mol. The van der Waals surface area contributed by atoms with Crippen molar-refractivity contribution in [3.05, 3.63) is 35.4 Å². The van der Waals surface area contributed by atoms with Crippen molar-refractivity contribution in [3.63, 3.8) is 0 Å². The fraction of sp³-hybridized carbons (Fsp3) is 0.611. The quantitative estimate of drug-likeness (QED) is 0.868. The van der Waals surface area contributed by atoms with Crippen molar-refractivity contribution in [1.82, 2.24) is 4.90 Å². The van der Waals surface area contributed by atoms with Gasteiger partial charge in [-0.05, 0) is 41.9 Å². The highest BCUT2D eigenvalue weighted by atomic mass is 19.4. The second-order valence-corrected chi connectivity index (χ2v) is 7.09. The van der Waals surface area contributed by atoms with Crippen molar-refractivity contribution >= 4 is 5.97 Å². The Kier molecular flexibility index (Phi) is 5.91. The summed E-state index contributed by atoms with van der Waals surface area (Å²) < 4.78 is 37.9. The number of nitrogens with zero attached hydrogens (tertiary/aromatic N) is 1. The van der Waals surface area contributed by atoms with Crippen LogP contribution in [0.2, 0.25) is 0 Å². The molecule has 1 fully saturated rings. The number of alkyl halides is 3. The minimum absolute atomic E-state index is 0.0955. The molecule has 1 aliphatic heterocycles. The number of carbonyl (C=O) groups is 1. The van der Waals surface area contributed by atoms with Crippen LogP contribution in [0.3, 0.4) is 0 Å². The summed E-state index contributed by atoms with van der Waals surface area (Å²) in [5, 5.41) is 9.05. The van der Waals surface area contributed by atoms with Gasteiger partial charge in [0.25, 0.3) is 0 Å². The first-order valence-electron chi connectivity index (χ1n) is 8.25. The van der Waals surface area contributed by atoms with Gasteiger partial charge in [-0.1, -0.05) is 26.0 Å². The third-order valence-corrected chi connectivity index (χ3v) is 4.74. The molecular weight excluding hydrogens is 319 g/mol. The number of aliphatic carboxylic acids is 1. The summed E-state index contributed by atoms with van der Waals surface area (Å²) in [4.78, 5) is 13.2. The van der Waals surface area contributed by atoms with Crippen molar-refractivity contribution < 1.29 is 23.1 Å². The molecule has 0 aliphatic carbocycles. The van der Waals surface area contributed by atoms with Crippen molar-refractivity contribution in [3.8, 4) is 0 Å². The van der Waals surface area contributed by atoms with Gasteiger partial charge < -0.3 is 5.11 Å². The van der Waals surface area contributed by atoms with Crippen LogP contribution in [0.15, 0.2) is 24.3 Å². The monoisotopic (exact) mass is 343 g/mol. The number of hydrogen-bond acceptors (Lipinski definition) is 2. The van der Waals surface area contributed by atoms with Crippen molar-refractivity contribution in [2.75, 3.05) is 13.1 Å². The maximum Gasteiger partial charge on any atom is 0.416 e. The summed E-state index contributed by atoms with van der Waals surface area (Å²) >= 11 is 0. The Morgan fingerprint density at radius 2 is 1.88 bits per heavy atom. The van der Waals surface area contributed by atoms with E-state index in [0.29, 0.717) is 24.9 Å². The lowest BCUT2D eigenvalue weighted by Gasteiger charge is -2.39. The molecule has 0 amide bonds. The lowest BCUT2D eigenvalue weighted by molar-refractivity contribution is -0.139. The number of carboxylic acid groups (broad SMARTS) is 1. The Morgan fingerprint density at radius 1 is 1.25 bits per heavy atom. The molecule has 0 saturated carbocycles. The van der Waals surface area contributed by atoms with Crippen molar-refractivity contribution in [1.29, 1.82) is 0 Å². The number of likely N-dealkylation sites (tertiary alicyclic amines) is 1. The minimum Gasteiger partial charge on any atom is -0.481 e. The highest BCUT2D eigenvalue weighted by Crippen LogP contribution is 2.31. The predicted molar refractivity (Wildman–Crippen MR) is 85.4 cm³/mol. The molecule has 1 aromatic carbocycles. The summed E-state index contributed by atoms with van der Waals surface area (Å²) in [5.41, 5.74) is 0.176. The molecule has 2 atom stereocenters. The largest absolute Gasteiger partial charge is 0.481 e. The molecule has 134 valence electrons. The molecule has 0 spiro atoms. The fourth-order valence-electron chi connectivity index (χ4n) is 3.41. The molecule has 1 saturated heterocycles. The molecule has 0 bridgehead atoms. The molecular formula is C18H24F3NO2. The zero-order valence-electron chi connectivity index (χ0n) is 14.0. The Bertz CT molecular complexity index is 554. The zero-order chi connectivity index (χ0) is 17.9. The van der Waals surface area contributed by atoms with Gasteiger partial charge in [0.2, 0.25) is 0 Å². The van der Waals surface area contributed by atoms with Crippen LogP contribution in [0.1, 0.15) is 37.8 Å². The first-order chi connectivity index (χ1) is 11.1. The van der Waals surface area contributed by atoms with Gasteiger partial charge in [0.15, 0.2) is 0 Å². The van der Waals surface area contributed by atoms with Crippen LogP contribution in [-0.2, 0) is 17.5 Å². The zero-order valence-corrected chi connectivity index (χ0v) is 14.0. The lowest BCUT2D eigenvalue weighted by Crippen LogP contribution is -2.42. The fourth-order valence-corrected chi connectivity index (χ4v) is 3.41. The topological polar surface area (TPSA) is 40.5 Å². The Hall–Kier alpha value is -1.56. The number of piperidine rings is 1. The summed E-state index contributed by atoms with van der Waals surface area (Å²) in [6.45, 7) is 6.34. The van der Waals surface area contributed by atoms with Crippen LogP contribution in [0.4, 0.5) is 13.2 Å². The molecule has 0 aromatic heterocycles. The SMILES string of the molecule is CC(C)[C@H]1C[C@@H](CC(=O)O)CN(Cc2ccc(C(F)(F)F)cc2)C1. The van der Waals surface area contributed by atoms with Gasteiger partial charge in [-0.15, -0.1) is 0 Å². The predicted octanol–water partition coefficient (Wildman–Crippen LogP) is 4.27. The van der Waals surface area contributed by atoms with Gasteiger partial charge >= 0.3 is 12.1 Å². The maximum atomic E-state index is 12.6. The first-order valence-corrected chi connectivity index (χ1v) is 8.25. The molecule has 3 nitrogen and oxygen atoms in total. The molecule has 1 aromatic rings. The second kappa shape index (κ2) is 7.55. The van der Waals surface area contributed by atoms with E-state index in [1.807, 2.05) is 0 Å². The molecule has 6 heteroatoms. The van der Waals surface area contributed by atoms with Crippen molar-refractivity contribution in [2.45, 2.75) is 39.4 Å². The van der Waals surface area contributed by atoms with Crippen molar-refractivity contribution in [2.24, 2.45) is 17.8 Å². The highest BCUT2D eigenvalue weighted by Gasteiger charge is 2.31. The van der Waals surface area contributed by atoms with E-state index in [-0.39, 0.29) is 12.3 Å². The van der Waals surface area contributed by atoms with E-state index in [1.165, 1.54) is 12.1 Å². The maximum absolute atomic E-state index is 12.6. The molecule has 0 radical (unpaired) electrons. The third kappa shape index (κ3) is 5.23. The number of benzene rings is 1. The Balaban J connectivity index is 2.05. The van der Waals surface area contributed by atoms with Gasteiger partial charge in [-0.2, -0.15) is 13.2 Å². The van der Waals surface area contributed by atoms with Crippen LogP contribution in [0.25, 0.3) is 0 Å². The summed E-state index contributed by atoms with van der Waals surface area (Å²) in [6, 6.07) is 5.23. The molecule has 1 aliphatic rings. The van der Waals surface area contributed by atoms with E-state index in [0.717, 1.165) is 30.7 Å².